The summed E-state index contributed by atoms with van der Waals surface area (Å²) < 4.78 is 5.08. The second-order valence-corrected chi connectivity index (χ2v) is 3.03. The molecule has 1 rings (SSSR count). The van der Waals surface area contributed by atoms with Gasteiger partial charge < -0.3 is 10.5 Å². The van der Waals surface area contributed by atoms with Crippen LogP contribution in [0.15, 0.2) is 0 Å². The molecule has 5 N–H and O–H groups in total. The molecule has 1 aliphatic rings. The van der Waals surface area contributed by atoms with Crippen molar-refractivity contribution in [2.24, 2.45) is 11.6 Å². The smallest absolute Gasteiger partial charge is 0.248 e. The minimum atomic E-state index is -0.541. The lowest BCUT2D eigenvalue weighted by Crippen LogP contribution is -2.55. The molecule has 0 aromatic carbocycles. The van der Waals surface area contributed by atoms with Crippen LogP contribution in [-0.2, 0) is 14.3 Å². The largest absolute Gasteiger partial charge is 0.378 e. The summed E-state index contributed by atoms with van der Waals surface area (Å²) in [5, 5.41) is 0. The van der Waals surface area contributed by atoms with Gasteiger partial charge in [-0.15, -0.1) is 0 Å². The third kappa shape index (κ3) is 2.66. The first-order valence-corrected chi connectivity index (χ1v) is 4.25. The number of carbonyl (C=O) groups excluding carboxylic acids is 2. The molecule has 0 aliphatic carbocycles. The lowest BCUT2D eigenvalue weighted by atomic mass is 10.2. The Labute approximate surface area is 81.3 Å². The fourth-order valence-corrected chi connectivity index (χ4v) is 1.32. The number of hydrogen-bond donors (Lipinski definition) is 3. The van der Waals surface area contributed by atoms with Crippen LogP contribution in [0.2, 0.25) is 0 Å². The Morgan fingerprint density at radius 1 is 1.57 bits per heavy atom. The summed E-state index contributed by atoms with van der Waals surface area (Å²) in [6.45, 7) is 1.28. The van der Waals surface area contributed by atoms with Gasteiger partial charge in [0.15, 0.2) is 0 Å². The van der Waals surface area contributed by atoms with Gasteiger partial charge >= 0.3 is 0 Å². The van der Waals surface area contributed by atoms with E-state index in [2.05, 4.69) is 0 Å². The number of ether oxygens (including phenoxy) is 1. The molecule has 1 unspecified atom stereocenters. The Hall–Kier alpha value is -1.18. The van der Waals surface area contributed by atoms with Crippen molar-refractivity contribution in [3.05, 3.63) is 0 Å². The number of amides is 2. The van der Waals surface area contributed by atoms with Crippen LogP contribution in [0.25, 0.3) is 0 Å². The number of hydrogen-bond acceptors (Lipinski definition) is 5. The molecule has 1 saturated heterocycles. The molecule has 0 spiro atoms. The Morgan fingerprint density at radius 2 is 2.29 bits per heavy atom. The average Bonchev–Trinajstić information content (AvgIpc) is 2.18. The normalized spacial score (nSPS) is 23.1. The highest BCUT2D eigenvalue weighted by Gasteiger charge is 2.28. The van der Waals surface area contributed by atoms with Crippen LogP contribution in [0.5, 0.6) is 0 Å². The molecule has 1 heterocycles. The van der Waals surface area contributed by atoms with Crippen LogP contribution < -0.4 is 17.0 Å². The number of carbonyl (C=O) groups is 2. The third-order valence-corrected chi connectivity index (χ3v) is 2.08. The molecule has 0 aromatic heterocycles. The van der Waals surface area contributed by atoms with Crippen molar-refractivity contribution < 1.29 is 14.3 Å². The summed E-state index contributed by atoms with van der Waals surface area (Å²) in [5.74, 6) is 4.10. The van der Waals surface area contributed by atoms with Crippen molar-refractivity contribution >= 4 is 11.8 Å². The summed E-state index contributed by atoms with van der Waals surface area (Å²) >= 11 is 0. The van der Waals surface area contributed by atoms with Gasteiger partial charge in [0.25, 0.3) is 0 Å². The number of hydrazine groups is 1. The topological polar surface area (TPSA) is 111 Å². The van der Waals surface area contributed by atoms with Crippen molar-refractivity contribution in [3.8, 4) is 0 Å². The maximum atomic E-state index is 11.0. The fraction of sp³-hybridized carbons (Fsp3) is 0.714. The summed E-state index contributed by atoms with van der Waals surface area (Å²) in [7, 11) is 0. The zero-order valence-corrected chi connectivity index (χ0v) is 7.73. The van der Waals surface area contributed by atoms with Gasteiger partial charge in [-0.3, -0.25) is 19.9 Å². The molecule has 2 amide bonds. The summed E-state index contributed by atoms with van der Waals surface area (Å²) in [6.07, 6.45) is 0. The number of nitrogens with one attached hydrogen (secondary N) is 1. The number of rotatable bonds is 3. The van der Waals surface area contributed by atoms with E-state index in [1.807, 2.05) is 5.43 Å². The van der Waals surface area contributed by atoms with Crippen molar-refractivity contribution in [2.75, 3.05) is 26.3 Å². The zero-order chi connectivity index (χ0) is 10.6. The van der Waals surface area contributed by atoms with E-state index in [9.17, 15) is 9.59 Å². The summed E-state index contributed by atoms with van der Waals surface area (Å²) in [6, 6.07) is -0.541. The Kier molecular flexibility index (Phi) is 3.81. The van der Waals surface area contributed by atoms with Crippen LogP contribution in [0.3, 0.4) is 0 Å². The lowest BCUT2D eigenvalue weighted by molar-refractivity contribution is -0.132. The molecular weight excluding hydrogens is 188 g/mol. The molecule has 0 radical (unpaired) electrons. The van der Waals surface area contributed by atoms with E-state index in [1.165, 1.54) is 0 Å². The molecule has 1 atom stereocenters. The van der Waals surface area contributed by atoms with Gasteiger partial charge in [-0.05, 0) is 0 Å². The van der Waals surface area contributed by atoms with Crippen molar-refractivity contribution in [1.82, 2.24) is 10.3 Å². The number of nitrogens with zero attached hydrogens (tertiary/aromatic N) is 1. The minimum Gasteiger partial charge on any atom is -0.378 e. The van der Waals surface area contributed by atoms with Crippen LogP contribution >= 0.6 is 0 Å². The van der Waals surface area contributed by atoms with Crippen molar-refractivity contribution in [3.63, 3.8) is 0 Å². The first-order chi connectivity index (χ1) is 6.65. The molecule has 0 aromatic rings. The van der Waals surface area contributed by atoms with Crippen molar-refractivity contribution in [1.29, 1.82) is 0 Å². The van der Waals surface area contributed by atoms with Crippen LogP contribution in [0.1, 0.15) is 0 Å². The highest BCUT2D eigenvalue weighted by molar-refractivity contribution is 5.82. The summed E-state index contributed by atoms with van der Waals surface area (Å²) in [5.41, 5.74) is 7.15. The lowest BCUT2D eigenvalue weighted by Gasteiger charge is -2.32. The predicted molar refractivity (Wildman–Crippen MR) is 47.7 cm³/mol. The minimum absolute atomic E-state index is 0.0630. The molecule has 7 nitrogen and oxygen atoms in total. The van der Waals surface area contributed by atoms with E-state index in [1.54, 1.807) is 4.90 Å². The Bertz CT molecular complexity index is 233. The van der Waals surface area contributed by atoms with E-state index in [0.717, 1.165) is 0 Å². The highest BCUT2D eigenvalue weighted by Crippen LogP contribution is 2.05. The standard InChI is InChI=1S/C7H14N4O3/c8-7(13)5-4-14-2-1-11(5)3-6(12)10-9/h5H,1-4,9H2,(H2,8,13)(H,10,12). The van der Waals surface area contributed by atoms with Crippen LogP contribution in [0.4, 0.5) is 0 Å². The second-order valence-electron chi connectivity index (χ2n) is 3.03. The van der Waals surface area contributed by atoms with Gasteiger partial charge in [0.1, 0.15) is 6.04 Å². The maximum Gasteiger partial charge on any atom is 0.248 e. The van der Waals surface area contributed by atoms with Crippen LogP contribution in [0, 0.1) is 0 Å². The summed E-state index contributed by atoms with van der Waals surface area (Å²) in [4.78, 5) is 23.6. The molecular formula is C7H14N4O3. The van der Waals surface area contributed by atoms with E-state index < -0.39 is 11.9 Å². The number of primary amides is 1. The molecule has 0 saturated carbocycles. The molecule has 1 fully saturated rings. The molecule has 1 aliphatic heterocycles. The number of morpholine rings is 1. The highest BCUT2D eigenvalue weighted by atomic mass is 16.5. The second kappa shape index (κ2) is 4.89. The molecule has 0 bridgehead atoms. The predicted octanol–water partition coefficient (Wildman–Crippen LogP) is -2.84. The van der Waals surface area contributed by atoms with E-state index in [-0.39, 0.29) is 19.1 Å². The van der Waals surface area contributed by atoms with Gasteiger partial charge in [0.05, 0.1) is 19.8 Å². The van der Waals surface area contributed by atoms with Gasteiger partial charge in [-0.1, -0.05) is 0 Å². The SMILES string of the molecule is NNC(=O)CN1CCOCC1C(N)=O. The van der Waals surface area contributed by atoms with Gasteiger partial charge in [-0.25, -0.2) is 5.84 Å². The fourth-order valence-electron chi connectivity index (χ4n) is 1.32. The zero-order valence-electron chi connectivity index (χ0n) is 7.73. The van der Waals surface area contributed by atoms with E-state index in [0.29, 0.717) is 13.2 Å². The monoisotopic (exact) mass is 202 g/mol. The molecule has 7 heteroatoms. The van der Waals surface area contributed by atoms with Gasteiger partial charge in [-0.2, -0.15) is 0 Å². The van der Waals surface area contributed by atoms with Crippen molar-refractivity contribution in [2.45, 2.75) is 6.04 Å². The third-order valence-electron chi connectivity index (χ3n) is 2.08. The first kappa shape index (κ1) is 10.9. The molecule has 80 valence electrons. The quantitative estimate of drug-likeness (QED) is 0.259. The van der Waals surface area contributed by atoms with E-state index in [4.69, 9.17) is 16.3 Å². The number of nitrogens with two attached hydrogens (primary N) is 2. The Balaban J connectivity index is 2.54. The van der Waals surface area contributed by atoms with Gasteiger partial charge in [0.2, 0.25) is 11.8 Å². The van der Waals surface area contributed by atoms with Crippen LogP contribution in [-0.4, -0.2) is 49.1 Å². The van der Waals surface area contributed by atoms with E-state index >= 15 is 0 Å². The Morgan fingerprint density at radius 3 is 2.86 bits per heavy atom. The maximum absolute atomic E-state index is 11.0. The first-order valence-electron chi connectivity index (χ1n) is 4.25. The average molecular weight is 202 g/mol. The van der Waals surface area contributed by atoms with Gasteiger partial charge in [0, 0.05) is 6.54 Å². The molecule has 14 heavy (non-hydrogen) atoms.